The molecule has 0 atom stereocenters. The molecule has 0 amide bonds. The Bertz CT molecular complexity index is 1520. The van der Waals surface area contributed by atoms with E-state index in [2.05, 4.69) is 20.1 Å². The molecule has 0 bridgehead atoms. The van der Waals surface area contributed by atoms with Gasteiger partial charge in [-0.1, -0.05) is 0 Å². The molecule has 4 aromatic heterocycles. The number of hydrogen-bond donors (Lipinski definition) is 1. The number of nitrogens with zero attached hydrogens (tertiary/aromatic N) is 5. The molecule has 0 unspecified atom stereocenters. The lowest BCUT2D eigenvalue weighted by Crippen LogP contribution is -2.17. The predicted octanol–water partition coefficient (Wildman–Crippen LogP) is 2.82. The van der Waals surface area contributed by atoms with Crippen LogP contribution in [0.1, 0.15) is 0 Å². The molecule has 0 saturated heterocycles. The monoisotopic (exact) mass is 420 g/mol. The van der Waals surface area contributed by atoms with Crippen molar-refractivity contribution in [3.8, 4) is 28.4 Å². The number of hydrogen-bond acceptors (Lipinski definition) is 6. The van der Waals surface area contributed by atoms with Crippen molar-refractivity contribution in [2.24, 2.45) is 7.05 Å². The number of H-pyrrole nitrogens is 1. The van der Waals surface area contributed by atoms with Gasteiger partial charge in [0, 0.05) is 41.9 Å². The van der Waals surface area contributed by atoms with Crippen LogP contribution in [0.5, 0.6) is 11.5 Å². The largest absolute Gasteiger partial charge is 0.496 e. The summed E-state index contributed by atoms with van der Waals surface area (Å²) in [6.07, 6.45) is 6.45. The number of aryl methyl sites for hydroxylation is 1. The molecule has 0 radical (unpaired) electrons. The molecule has 1 N–H and O–H groups in total. The molecule has 1 aromatic carbocycles. The van der Waals surface area contributed by atoms with Gasteiger partial charge < -0.3 is 14.5 Å². The lowest BCUT2D eigenvalue weighted by Gasteiger charge is -2.11. The highest BCUT2D eigenvalue weighted by Gasteiger charge is 2.19. The van der Waals surface area contributed by atoms with Gasteiger partial charge in [0.1, 0.15) is 11.5 Å². The zero-order valence-electron chi connectivity index (χ0n) is 16.9. The van der Waals surface area contributed by atoms with Crippen LogP contribution in [0.4, 0.5) is 4.39 Å². The van der Waals surface area contributed by atoms with Gasteiger partial charge in [-0.2, -0.15) is 5.10 Å². The predicted molar refractivity (Wildman–Crippen MR) is 112 cm³/mol. The highest BCUT2D eigenvalue weighted by atomic mass is 19.1. The second-order valence-corrected chi connectivity index (χ2v) is 6.94. The van der Waals surface area contributed by atoms with Crippen LogP contribution in [-0.4, -0.2) is 43.5 Å². The Morgan fingerprint density at radius 1 is 1.06 bits per heavy atom. The van der Waals surface area contributed by atoms with E-state index in [1.165, 1.54) is 30.1 Å². The Kier molecular flexibility index (Phi) is 4.21. The van der Waals surface area contributed by atoms with Gasteiger partial charge in [0.25, 0.3) is 0 Å². The molecule has 5 rings (SSSR count). The molecular weight excluding hydrogens is 403 g/mol. The number of pyridine rings is 2. The van der Waals surface area contributed by atoms with Crippen LogP contribution in [0.25, 0.3) is 38.9 Å². The molecule has 10 heteroatoms. The van der Waals surface area contributed by atoms with Crippen LogP contribution in [0.3, 0.4) is 0 Å². The average Bonchev–Trinajstić information content (AvgIpc) is 3.35. The average molecular weight is 420 g/mol. The van der Waals surface area contributed by atoms with E-state index in [9.17, 15) is 9.18 Å². The minimum atomic E-state index is -0.687. The Labute approximate surface area is 174 Å². The fraction of sp³-hybridized carbons (Fsp3) is 0.143. The number of benzene rings is 1. The van der Waals surface area contributed by atoms with E-state index in [0.29, 0.717) is 27.7 Å². The van der Waals surface area contributed by atoms with Crippen molar-refractivity contribution >= 4 is 21.9 Å². The van der Waals surface area contributed by atoms with Gasteiger partial charge in [-0.25, -0.2) is 18.7 Å². The van der Waals surface area contributed by atoms with Gasteiger partial charge in [0.15, 0.2) is 11.6 Å². The molecule has 0 spiro atoms. The first-order chi connectivity index (χ1) is 15.0. The van der Waals surface area contributed by atoms with E-state index in [4.69, 9.17) is 9.47 Å². The van der Waals surface area contributed by atoms with Crippen LogP contribution < -0.4 is 15.2 Å². The van der Waals surface area contributed by atoms with Crippen LogP contribution in [0, 0.1) is 5.82 Å². The third-order valence-electron chi connectivity index (χ3n) is 5.09. The summed E-state index contributed by atoms with van der Waals surface area (Å²) in [6, 6.07) is 4.81. The highest BCUT2D eigenvalue weighted by molar-refractivity contribution is 6.05. The minimum absolute atomic E-state index is 0.136. The number of halogens is 1. The van der Waals surface area contributed by atoms with Crippen LogP contribution in [-0.2, 0) is 7.05 Å². The maximum atomic E-state index is 14.8. The number of rotatable bonds is 4. The molecule has 0 aliphatic rings. The molecule has 5 aromatic rings. The molecule has 0 aliphatic carbocycles. The van der Waals surface area contributed by atoms with E-state index >= 15 is 0 Å². The van der Waals surface area contributed by atoms with Crippen molar-refractivity contribution in [3.63, 3.8) is 0 Å². The number of ether oxygens (including phenoxy) is 2. The SMILES string of the molecule is COc1cnc(-n2c(=O)[nH]c3cnc4cc(OC)c(-c5cnn(C)c5)cc4c32)c(F)c1. The normalized spacial score (nSPS) is 11.4. The first kappa shape index (κ1) is 18.8. The molecule has 31 heavy (non-hydrogen) atoms. The molecule has 4 heterocycles. The first-order valence-electron chi connectivity index (χ1n) is 9.30. The number of imidazole rings is 1. The van der Waals surface area contributed by atoms with Gasteiger partial charge in [0.2, 0.25) is 0 Å². The van der Waals surface area contributed by atoms with Gasteiger partial charge in [-0.05, 0) is 6.07 Å². The molecule has 0 fully saturated rings. The second kappa shape index (κ2) is 6.94. The van der Waals surface area contributed by atoms with Crippen LogP contribution in [0.15, 0.2) is 47.8 Å². The summed E-state index contributed by atoms with van der Waals surface area (Å²) in [7, 11) is 4.81. The molecule has 0 saturated carbocycles. The van der Waals surface area contributed by atoms with Gasteiger partial charge in [0.05, 0.1) is 49.4 Å². The maximum Gasteiger partial charge on any atom is 0.332 e. The summed E-state index contributed by atoms with van der Waals surface area (Å²) in [5.74, 6) is 0.0337. The number of aromatic nitrogens is 6. The standard InChI is InChI=1S/C21H17FN6O3/c1-27-10-11(7-25-27)13-5-14-16(6-18(13)31-3)23-9-17-19(14)28(21(29)26-17)20-15(22)4-12(30-2)8-24-20/h4-10H,1-3H3,(H,26,29). The summed E-state index contributed by atoms with van der Waals surface area (Å²) >= 11 is 0. The van der Waals surface area contributed by atoms with E-state index in [0.717, 1.165) is 11.1 Å². The molecule has 156 valence electrons. The number of methoxy groups -OCH3 is 2. The van der Waals surface area contributed by atoms with Crippen molar-refractivity contribution in [2.45, 2.75) is 0 Å². The first-order valence-corrected chi connectivity index (χ1v) is 9.30. The lowest BCUT2D eigenvalue weighted by molar-refractivity contribution is 0.408. The summed E-state index contributed by atoms with van der Waals surface area (Å²) in [5.41, 5.74) is 2.56. The van der Waals surface area contributed by atoms with Crippen molar-refractivity contribution in [1.82, 2.24) is 29.3 Å². The summed E-state index contributed by atoms with van der Waals surface area (Å²) in [6.45, 7) is 0. The van der Waals surface area contributed by atoms with Crippen LogP contribution >= 0.6 is 0 Å². The van der Waals surface area contributed by atoms with Crippen molar-refractivity contribution in [3.05, 3.63) is 59.3 Å². The molecule has 9 nitrogen and oxygen atoms in total. The lowest BCUT2D eigenvalue weighted by atomic mass is 10.0. The minimum Gasteiger partial charge on any atom is -0.496 e. The quantitative estimate of drug-likeness (QED) is 0.480. The van der Waals surface area contributed by atoms with Gasteiger partial charge >= 0.3 is 5.69 Å². The fourth-order valence-electron chi connectivity index (χ4n) is 3.66. The van der Waals surface area contributed by atoms with Crippen molar-refractivity contribution < 1.29 is 13.9 Å². The summed E-state index contributed by atoms with van der Waals surface area (Å²) in [5, 5.41) is 4.85. The van der Waals surface area contributed by atoms with Crippen LogP contribution in [0.2, 0.25) is 0 Å². The number of nitrogens with one attached hydrogen (secondary N) is 1. The Morgan fingerprint density at radius 3 is 2.58 bits per heavy atom. The highest BCUT2D eigenvalue weighted by Crippen LogP contribution is 2.36. The number of fused-ring (bicyclic) bond motifs is 3. The van der Waals surface area contributed by atoms with Crippen molar-refractivity contribution in [1.29, 1.82) is 0 Å². The fourth-order valence-corrected chi connectivity index (χ4v) is 3.66. The summed E-state index contributed by atoms with van der Waals surface area (Å²) < 4.78 is 28.3. The summed E-state index contributed by atoms with van der Waals surface area (Å²) in [4.78, 5) is 24.0. The van der Waals surface area contributed by atoms with E-state index in [1.54, 1.807) is 24.1 Å². The van der Waals surface area contributed by atoms with E-state index in [-0.39, 0.29) is 11.6 Å². The molecule has 0 aliphatic heterocycles. The number of aromatic amines is 1. The van der Waals surface area contributed by atoms with E-state index < -0.39 is 11.5 Å². The van der Waals surface area contributed by atoms with Crippen molar-refractivity contribution in [2.75, 3.05) is 14.2 Å². The van der Waals surface area contributed by atoms with Gasteiger partial charge in [-0.3, -0.25) is 9.67 Å². The van der Waals surface area contributed by atoms with Gasteiger partial charge in [-0.15, -0.1) is 0 Å². The Hall–Kier alpha value is -4.21. The Balaban J connectivity index is 1.87. The second-order valence-electron chi connectivity index (χ2n) is 6.94. The van der Waals surface area contributed by atoms with E-state index in [1.807, 2.05) is 19.3 Å². The smallest absolute Gasteiger partial charge is 0.332 e. The third kappa shape index (κ3) is 2.91. The zero-order chi connectivity index (χ0) is 21.7. The zero-order valence-corrected chi connectivity index (χ0v) is 16.9. The molecular formula is C21H17FN6O3. The third-order valence-corrected chi connectivity index (χ3v) is 5.09. The maximum absolute atomic E-state index is 14.8. The topological polar surface area (TPSA) is 99.9 Å². The Morgan fingerprint density at radius 2 is 1.90 bits per heavy atom.